The molecule has 0 heterocycles. The lowest BCUT2D eigenvalue weighted by molar-refractivity contribution is -0.148. The van der Waals surface area contributed by atoms with Gasteiger partial charge in [0.1, 0.15) is 5.82 Å². The molecule has 2 N–H and O–H groups in total. The molecule has 0 aliphatic heterocycles. The Bertz CT molecular complexity index is 884. The summed E-state index contributed by atoms with van der Waals surface area (Å²) < 4.78 is 44.3. The average Bonchev–Trinajstić information content (AvgIpc) is 2.75. The standard InChI is InChI=1S/C24H30BClF3NO3/c1-3-33-24(31)19(14-30-15-23(28)29)11-17(13-25(2)32)10-16-4-6-18(7-5-16)21-12-20(26)8-9-22(21)27/h4-9,12,17,19,23,30,32H,3,10-11,13-15H2,1-2H3/t17-,19+/m1/s1. The zero-order chi connectivity index (χ0) is 24.4. The van der Waals surface area contributed by atoms with Gasteiger partial charge in [-0.3, -0.25) is 4.79 Å². The second kappa shape index (κ2) is 13.6. The second-order valence-corrected chi connectivity index (χ2v) is 8.65. The maximum absolute atomic E-state index is 14.2. The number of carbonyl (C=O) groups is 1. The molecule has 0 spiro atoms. The van der Waals surface area contributed by atoms with Crippen LogP contribution >= 0.6 is 11.6 Å². The van der Waals surface area contributed by atoms with Crippen LogP contribution in [0.15, 0.2) is 42.5 Å². The van der Waals surface area contributed by atoms with E-state index < -0.39 is 31.8 Å². The highest BCUT2D eigenvalue weighted by Crippen LogP contribution is 2.28. The Morgan fingerprint density at radius 1 is 1.18 bits per heavy atom. The summed E-state index contributed by atoms with van der Waals surface area (Å²) in [5.41, 5.74) is 2.04. The number of esters is 1. The fourth-order valence-corrected chi connectivity index (χ4v) is 4.08. The van der Waals surface area contributed by atoms with Crippen molar-refractivity contribution in [2.45, 2.75) is 39.3 Å². The number of halogens is 4. The smallest absolute Gasteiger partial charge is 0.310 e. The Morgan fingerprint density at radius 2 is 1.88 bits per heavy atom. The molecule has 0 saturated heterocycles. The first-order valence-corrected chi connectivity index (χ1v) is 11.4. The largest absolute Gasteiger partial charge is 0.466 e. The Labute approximate surface area is 198 Å². The van der Waals surface area contributed by atoms with E-state index in [1.54, 1.807) is 31.9 Å². The highest BCUT2D eigenvalue weighted by molar-refractivity contribution is 6.48. The minimum absolute atomic E-state index is 0.0759. The first kappa shape index (κ1) is 27.2. The predicted octanol–water partition coefficient (Wildman–Crippen LogP) is 5.34. The number of benzene rings is 2. The number of ether oxygens (including phenoxy) is 1. The molecule has 0 aromatic heterocycles. The van der Waals surface area contributed by atoms with E-state index in [4.69, 9.17) is 16.3 Å². The van der Waals surface area contributed by atoms with Gasteiger partial charge in [0.25, 0.3) is 13.3 Å². The van der Waals surface area contributed by atoms with E-state index in [1.165, 1.54) is 12.1 Å². The van der Waals surface area contributed by atoms with Crippen molar-refractivity contribution in [3.8, 4) is 11.1 Å². The van der Waals surface area contributed by atoms with Gasteiger partial charge in [-0.05, 0) is 61.3 Å². The third-order valence-corrected chi connectivity index (χ3v) is 5.55. The Balaban J connectivity index is 2.14. The fourth-order valence-electron chi connectivity index (χ4n) is 3.91. The molecule has 4 nitrogen and oxygen atoms in total. The molecule has 0 radical (unpaired) electrons. The van der Waals surface area contributed by atoms with Crippen molar-refractivity contribution in [2.24, 2.45) is 11.8 Å². The first-order valence-electron chi connectivity index (χ1n) is 11.1. The van der Waals surface area contributed by atoms with Crippen LogP contribution in [0.4, 0.5) is 13.2 Å². The summed E-state index contributed by atoms with van der Waals surface area (Å²) in [7, 11) is 0. The zero-order valence-electron chi connectivity index (χ0n) is 18.9. The van der Waals surface area contributed by atoms with Gasteiger partial charge in [0.2, 0.25) is 0 Å². The van der Waals surface area contributed by atoms with Crippen LogP contribution < -0.4 is 5.32 Å². The highest BCUT2D eigenvalue weighted by Gasteiger charge is 2.26. The van der Waals surface area contributed by atoms with Gasteiger partial charge in [0.05, 0.1) is 19.1 Å². The molecular weight excluding hydrogens is 454 g/mol. The van der Waals surface area contributed by atoms with E-state index >= 15 is 0 Å². The lowest BCUT2D eigenvalue weighted by Gasteiger charge is -2.23. The van der Waals surface area contributed by atoms with Crippen LogP contribution in [0.2, 0.25) is 18.2 Å². The fraction of sp³-hybridized carbons (Fsp3) is 0.458. The van der Waals surface area contributed by atoms with Gasteiger partial charge in [0, 0.05) is 17.1 Å². The maximum Gasteiger partial charge on any atom is 0.310 e. The van der Waals surface area contributed by atoms with Crippen LogP contribution in [-0.2, 0) is 16.0 Å². The molecule has 0 bridgehead atoms. The highest BCUT2D eigenvalue weighted by atomic mass is 35.5. The van der Waals surface area contributed by atoms with Crippen LogP contribution in [0, 0.1) is 17.7 Å². The quantitative estimate of drug-likeness (QED) is 0.298. The van der Waals surface area contributed by atoms with Crippen molar-refractivity contribution in [2.75, 3.05) is 19.7 Å². The van der Waals surface area contributed by atoms with E-state index in [0.717, 1.165) is 5.56 Å². The molecule has 0 aliphatic carbocycles. The maximum atomic E-state index is 14.2. The lowest BCUT2D eigenvalue weighted by Crippen LogP contribution is -2.34. The van der Waals surface area contributed by atoms with Gasteiger partial charge in [-0.25, -0.2) is 13.2 Å². The molecule has 9 heteroatoms. The number of alkyl halides is 2. The molecule has 0 unspecified atom stereocenters. The van der Waals surface area contributed by atoms with Crippen LogP contribution in [0.1, 0.15) is 18.9 Å². The third kappa shape index (κ3) is 9.39. The van der Waals surface area contributed by atoms with Gasteiger partial charge in [-0.15, -0.1) is 0 Å². The summed E-state index contributed by atoms with van der Waals surface area (Å²) in [6, 6.07) is 11.7. The summed E-state index contributed by atoms with van der Waals surface area (Å²) in [6.07, 6.45) is -1.13. The molecule has 0 fully saturated rings. The molecule has 2 atom stereocenters. The average molecular weight is 484 g/mol. The van der Waals surface area contributed by atoms with Gasteiger partial charge >= 0.3 is 5.97 Å². The molecule has 2 rings (SSSR count). The van der Waals surface area contributed by atoms with Gasteiger partial charge < -0.3 is 15.1 Å². The summed E-state index contributed by atoms with van der Waals surface area (Å²) >= 11 is 5.99. The third-order valence-electron chi connectivity index (χ3n) is 5.32. The summed E-state index contributed by atoms with van der Waals surface area (Å²) in [5, 5.41) is 13.0. The SMILES string of the molecule is CCOC(=O)[C@H](CNCC(F)F)C[C@H](CB(C)O)Cc1ccc(-c2cc(Cl)ccc2F)cc1. The summed E-state index contributed by atoms with van der Waals surface area (Å²) in [5.74, 6) is -1.50. The molecule has 0 aliphatic rings. The predicted molar refractivity (Wildman–Crippen MR) is 126 cm³/mol. The Morgan fingerprint density at radius 3 is 2.48 bits per heavy atom. The molecule has 180 valence electrons. The van der Waals surface area contributed by atoms with Crippen molar-refractivity contribution in [1.29, 1.82) is 0 Å². The monoisotopic (exact) mass is 483 g/mol. The van der Waals surface area contributed by atoms with E-state index in [0.29, 0.717) is 35.3 Å². The van der Waals surface area contributed by atoms with Gasteiger partial charge in [-0.1, -0.05) is 42.7 Å². The molecule has 2 aromatic rings. The van der Waals surface area contributed by atoms with Crippen molar-refractivity contribution in [3.05, 3.63) is 58.9 Å². The second-order valence-electron chi connectivity index (χ2n) is 8.21. The lowest BCUT2D eigenvalue weighted by atomic mass is 9.62. The molecule has 0 saturated carbocycles. The Kier molecular flexibility index (Phi) is 11.2. The van der Waals surface area contributed by atoms with Crippen LogP contribution in [0.5, 0.6) is 0 Å². The van der Waals surface area contributed by atoms with Gasteiger partial charge in [0.15, 0.2) is 0 Å². The van der Waals surface area contributed by atoms with E-state index in [1.807, 2.05) is 12.1 Å². The topological polar surface area (TPSA) is 58.6 Å². The number of nitrogens with one attached hydrogen (secondary N) is 1. The van der Waals surface area contributed by atoms with Gasteiger partial charge in [-0.2, -0.15) is 0 Å². The van der Waals surface area contributed by atoms with E-state index in [-0.39, 0.29) is 24.9 Å². The number of hydrogen-bond donors (Lipinski definition) is 2. The van der Waals surface area contributed by atoms with E-state index in [9.17, 15) is 23.0 Å². The minimum atomic E-state index is -2.51. The minimum Gasteiger partial charge on any atom is -0.466 e. The zero-order valence-corrected chi connectivity index (χ0v) is 19.6. The molecular formula is C24H30BClF3NO3. The van der Waals surface area contributed by atoms with Crippen LogP contribution in [-0.4, -0.2) is 44.0 Å². The molecule has 33 heavy (non-hydrogen) atoms. The Hall–Kier alpha value is -2.03. The van der Waals surface area contributed by atoms with Crippen LogP contribution in [0.3, 0.4) is 0 Å². The summed E-state index contributed by atoms with van der Waals surface area (Å²) in [4.78, 5) is 12.4. The van der Waals surface area contributed by atoms with Crippen molar-refractivity contribution < 1.29 is 27.7 Å². The first-order chi connectivity index (χ1) is 15.7. The van der Waals surface area contributed by atoms with Crippen molar-refractivity contribution in [1.82, 2.24) is 5.32 Å². The van der Waals surface area contributed by atoms with Crippen molar-refractivity contribution >= 4 is 24.5 Å². The van der Waals surface area contributed by atoms with Crippen molar-refractivity contribution in [3.63, 3.8) is 0 Å². The molecule has 2 aromatic carbocycles. The van der Waals surface area contributed by atoms with Crippen LogP contribution in [0.25, 0.3) is 11.1 Å². The number of carbonyl (C=O) groups excluding carboxylic acids is 1. The summed E-state index contributed by atoms with van der Waals surface area (Å²) in [6.45, 7) is 2.55. The normalized spacial score (nSPS) is 13.1. The van der Waals surface area contributed by atoms with E-state index in [2.05, 4.69) is 5.32 Å². The number of hydrogen-bond acceptors (Lipinski definition) is 4. The molecule has 0 amide bonds. The number of rotatable bonds is 13.